The molecule has 9 heteroatoms. The number of ether oxygens (including phenoxy) is 1. The molecule has 1 aliphatic rings. The second kappa shape index (κ2) is 10.1. The highest BCUT2D eigenvalue weighted by Gasteiger charge is 2.34. The van der Waals surface area contributed by atoms with Crippen molar-refractivity contribution in [1.29, 1.82) is 42.1 Å². The lowest BCUT2D eigenvalue weighted by molar-refractivity contribution is 0.310. The minimum atomic E-state index is -0.429. The summed E-state index contributed by atoms with van der Waals surface area (Å²) in [5.41, 5.74) is -0.564. The summed E-state index contributed by atoms with van der Waals surface area (Å²) >= 11 is 0. The van der Waals surface area contributed by atoms with Crippen LogP contribution in [0.3, 0.4) is 0 Å². The fourth-order valence-corrected chi connectivity index (χ4v) is 4.10. The molecule has 2 aromatic rings. The van der Waals surface area contributed by atoms with Crippen LogP contribution in [-0.4, -0.2) is 0 Å². The van der Waals surface area contributed by atoms with Gasteiger partial charge in [-0.15, -0.1) is 0 Å². The zero-order valence-corrected chi connectivity index (χ0v) is 19.3. The van der Waals surface area contributed by atoms with Gasteiger partial charge in [0.05, 0.1) is 69.8 Å². The quantitative estimate of drug-likeness (QED) is 0.563. The Hall–Kier alpha value is -6.62. The topological polar surface area (TPSA) is 200 Å². The number of hydrogen-bond donors (Lipinski definition) is 0. The van der Waals surface area contributed by atoms with Gasteiger partial charge in [-0.2, -0.15) is 42.1 Å². The van der Waals surface area contributed by atoms with Gasteiger partial charge in [0.2, 0.25) is 0 Å². The molecule has 1 heterocycles. The van der Waals surface area contributed by atoms with E-state index in [1.54, 1.807) is 0 Å². The van der Waals surface area contributed by atoms with Gasteiger partial charge in [-0.05, 0) is 38.1 Å². The number of rotatable bonds is 2. The monoisotopic (exact) mass is 474 g/mol. The zero-order valence-electron chi connectivity index (χ0n) is 19.3. The van der Waals surface area contributed by atoms with E-state index < -0.39 is 5.57 Å². The summed E-state index contributed by atoms with van der Waals surface area (Å²) in [6, 6.07) is 20.2. The Kier molecular flexibility index (Phi) is 6.83. The fraction of sp³-hybridized carbons (Fsp3) is 0.0714. The minimum absolute atomic E-state index is 0.0233. The lowest BCUT2D eigenvalue weighted by Gasteiger charge is -2.28. The summed E-state index contributed by atoms with van der Waals surface area (Å²) in [5.74, 6) is 0.283. The van der Waals surface area contributed by atoms with E-state index in [0.717, 1.165) is 0 Å². The summed E-state index contributed by atoms with van der Waals surface area (Å²) in [6.07, 6.45) is 0. The highest BCUT2D eigenvalue weighted by molar-refractivity contribution is 6.06. The highest BCUT2D eigenvalue weighted by Crippen LogP contribution is 2.47. The van der Waals surface area contributed by atoms with E-state index in [0.29, 0.717) is 0 Å². The molecular weight excluding hydrogens is 464 g/mol. The predicted octanol–water partition coefficient (Wildman–Crippen LogP) is 4.45. The average Bonchev–Trinajstić information content (AvgIpc) is 2.92. The van der Waals surface area contributed by atoms with Gasteiger partial charge in [-0.3, -0.25) is 0 Å². The van der Waals surface area contributed by atoms with Crippen molar-refractivity contribution in [2.45, 2.75) is 13.8 Å². The van der Waals surface area contributed by atoms with Crippen molar-refractivity contribution in [2.24, 2.45) is 0 Å². The number of allylic oxidation sites excluding steroid dienone is 6. The number of hydrogen-bond acceptors (Lipinski definition) is 9. The second-order valence-electron chi connectivity index (χ2n) is 7.50. The Morgan fingerprint density at radius 3 is 1.11 bits per heavy atom. The highest BCUT2D eigenvalue weighted by atomic mass is 16.5. The lowest BCUT2D eigenvalue weighted by Crippen LogP contribution is -2.13. The van der Waals surface area contributed by atoms with E-state index in [1.165, 1.54) is 38.1 Å². The Morgan fingerprint density at radius 2 is 0.865 bits per heavy atom. The molecular formula is C28H10N8O. The van der Waals surface area contributed by atoms with E-state index in [9.17, 15) is 42.1 Å². The summed E-state index contributed by atoms with van der Waals surface area (Å²) in [4.78, 5) is 0. The number of benzene rings is 2. The second-order valence-corrected chi connectivity index (χ2v) is 7.50. The molecule has 0 saturated carbocycles. The average molecular weight is 474 g/mol. The molecule has 1 aliphatic heterocycles. The van der Waals surface area contributed by atoms with Gasteiger partial charge >= 0.3 is 0 Å². The molecule has 0 spiro atoms. The normalized spacial score (nSPS) is 11.8. The van der Waals surface area contributed by atoms with Gasteiger partial charge in [-0.1, -0.05) is 0 Å². The molecule has 2 aromatic carbocycles. The molecule has 0 atom stereocenters. The van der Waals surface area contributed by atoms with Gasteiger partial charge in [0, 0.05) is 27.8 Å². The van der Waals surface area contributed by atoms with Crippen LogP contribution in [0.15, 0.2) is 46.9 Å². The molecule has 0 aromatic heterocycles. The van der Waals surface area contributed by atoms with E-state index >= 15 is 0 Å². The molecule has 37 heavy (non-hydrogen) atoms. The van der Waals surface area contributed by atoms with Crippen LogP contribution >= 0.6 is 0 Å². The van der Waals surface area contributed by atoms with Crippen LogP contribution < -0.4 is 0 Å². The zero-order chi connectivity index (χ0) is 27.3. The molecule has 0 aliphatic carbocycles. The summed E-state index contributed by atoms with van der Waals surface area (Å²) in [7, 11) is 0. The number of nitriles is 8. The van der Waals surface area contributed by atoms with Crippen LogP contribution in [0.5, 0.6) is 0 Å². The summed E-state index contributed by atoms with van der Waals surface area (Å²) in [5, 5.41) is 77.9. The largest absolute Gasteiger partial charge is 0.465 e. The maximum atomic E-state index is 9.89. The van der Waals surface area contributed by atoms with Crippen molar-refractivity contribution in [1.82, 2.24) is 0 Å². The van der Waals surface area contributed by atoms with Crippen molar-refractivity contribution >= 4 is 11.1 Å². The van der Waals surface area contributed by atoms with E-state index in [1.807, 2.05) is 48.6 Å². The van der Waals surface area contributed by atoms with E-state index in [-0.39, 0.29) is 72.7 Å². The molecule has 0 saturated heterocycles. The molecule has 0 fully saturated rings. The maximum absolute atomic E-state index is 9.89. The lowest BCUT2D eigenvalue weighted by atomic mass is 9.78. The van der Waals surface area contributed by atoms with Crippen LogP contribution in [-0.2, 0) is 4.74 Å². The SMILES string of the molecule is CC1=C(c2c(C#N)cc(C#N)cc2C#N)C(=C(C#N)C#N)C(c2c(C#N)cc(C#N)cc2C#N)=C(C)O1. The maximum Gasteiger partial charge on any atom is 0.138 e. The molecule has 9 nitrogen and oxygen atoms in total. The Labute approximate surface area is 212 Å². The third kappa shape index (κ3) is 4.09. The summed E-state index contributed by atoms with van der Waals surface area (Å²) < 4.78 is 5.94. The van der Waals surface area contributed by atoms with Crippen LogP contribution in [0.2, 0.25) is 0 Å². The van der Waals surface area contributed by atoms with Crippen LogP contribution in [0.25, 0.3) is 11.1 Å². The third-order valence-electron chi connectivity index (χ3n) is 5.50. The first-order valence-electron chi connectivity index (χ1n) is 10.3. The third-order valence-corrected chi connectivity index (χ3v) is 5.50. The number of nitrogens with zero attached hydrogens (tertiary/aromatic N) is 8. The molecule has 0 unspecified atom stereocenters. The standard InChI is InChI=1S/C28H10N8O/c1-15-24(26-19(9-31)3-17(7-29)4-20(26)10-32)28(23(13-35)14-36)25(16(2)37-15)27-21(11-33)5-18(8-30)6-22(27)12-34/h3-6H,1-2H3. The van der Waals surface area contributed by atoms with E-state index in [2.05, 4.69) is 0 Å². The molecule has 0 bridgehead atoms. The van der Waals surface area contributed by atoms with Gasteiger partial charge in [-0.25, -0.2) is 0 Å². The Balaban J connectivity index is 2.60. The van der Waals surface area contributed by atoms with Crippen molar-refractivity contribution < 1.29 is 4.74 Å². The first kappa shape index (κ1) is 25.0. The van der Waals surface area contributed by atoms with E-state index in [4.69, 9.17) is 4.74 Å². The first-order valence-corrected chi connectivity index (χ1v) is 10.3. The van der Waals surface area contributed by atoms with Crippen molar-refractivity contribution in [3.8, 4) is 48.6 Å². The van der Waals surface area contributed by atoms with Gasteiger partial charge < -0.3 is 4.74 Å². The fourth-order valence-electron chi connectivity index (χ4n) is 4.10. The molecule has 168 valence electrons. The Bertz CT molecular complexity index is 1640. The van der Waals surface area contributed by atoms with Crippen LogP contribution in [0.4, 0.5) is 0 Å². The van der Waals surface area contributed by atoms with Gasteiger partial charge in [0.25, 0.3) is 0 Å². The van der Waals surface area contributed by atoms with Crippen LogP contribution in [0.1, 0.15) is 58.4 Å². The van der Waals surface area contributed by atoms with Gasteiger partial charge in [0.15, 0.2) is 0 Å². The Morgan fingerprint density at radius 1 is 0.541 bits per heavy atom. The van der Waals surface area contributed by atoms with Gasteiger partial charge in [0.1, 0.15) is 29.2 Å². The minimum Gasteiger partial charge on any atom is -0.465 e. The molecule has 0 amide bonds. The predicted molar refractivity (Wildman–Crippen MR) is 126 cm³/mol. The van der Waals surface area contributed by atoms with Crippen LogP contribution in [0, 0.1) is 90.6 Å². The molecule has 0 N–H and O–H groups in total. The van der Waals surface area contributed by atoms with Crippen molar-refractivity contribution in [3.05, 3.63) is 91.4 Å². The molecule has 0 radical (unpaired) electrons. The van der Waals surface area contributed by atoms with Crippen molar-refractivity contribution in [3.63, 3.8) is 0 Å². The van der Waals surface area contributed by atoms with Crippen molar-refractivity contribution in [2.75, 3.05) is 0 Å². The summed E-state index contributed by atoms with van der Waals surface area (Å²) in [6.45, 7) is 3.02. The smallest absolute Gasteiger partial charge is 0.138 e. The molecule has 3 rings (SSSR count). The first-order chi connectivity index (χ1) is 17.8.